The van der Waals surface area contributed by atoms with E-state index in [1.165, 1.54) is 19.4 Å². The third-order valence-electron chi connectivity index (χ3n) is 3.83. The van der Waals surface area contributed by atoms with Gasteiger partial charge in [-0.15, -0.1) is 0 Å². The number of hydrogen-bond acceptors (Lipinski definition) is 4. The highest BCUT2D eigenvalue weighted by Gasteiger charge is 2.34. The van der Waals surface area contributed by atoms with Crippen LogP contribution >= 0.6 is 0 Å². The van der Waals surface area contributed by atoms with Gasteiger partial charge in [-0.05, 0) is 26.3 Å². The number of nitrogens with one attached hydrogen (secondary N) is 1. The normalized spacial score (nSPS) is 32.3. The Balaban J connectivity index is 1.90. The van der Waals surface area contributed by atoms with Crippen molar-refractivity contribution >= 4 is 0 Å². The second kappa shape index (κ2) is 6.69. The van der Waals surface area contributed by atoms with Crippen LogP contribution in [0.5, 0.6) is 0 Å². The van der Waals surface area contributed by atoms with Gasteiger partial charge in [0.15, 0.2) is 0 Å². The molecule has 2 rings (SSSR count). The van der Waals surface area contributed by atoms with Crippen LogP contribution in [0, 0.1) is 5.41 Å². The topological polar surface area (TPSA) is 33.7 Å². The van der Waals surface area contributed by atoms with E-state index in [1.807, 2.05) is 7.05 Å². The zero-order valence-electron chi connectivity index (χ0n) is 11.0. The van der Waals surface area contributed by atoms with Gasteiger partial charge in [0.2, 0.25) is 0 Å². The maximum absolute atomic E-state index is 5.71. The lowest BCUT2D eigenvalue weighted by molar-refractivity contribution is -0.0254. The van der Waals surface area contributed by atoms with E-state index in [2.05, 4.69) is 10.2 Å². The molecule has 4 nitrogen and oxygen atoms in total. The minimum atomic E-state index is 0.317. The molecule has 2 aliphatic heterocycles. The fraction of sp³-hybridized carbons (Fsp3) is 1.00. The maximum atomic E-state index is 5.71. The van der Waals surface area contributed by atoms with E-state index in [4.69, 9.17) is 9.47 Å². The Labute approximate surface area is 105 Å². The predicted molar refractivity (Wildman–Crippen MR) is 68.3 cm³/mol. The average molecular weight is 242 g/mol. The fourth-order valence-corrected chi connectivity index (χ4v) is 3.04. The van der Waals surface area contributed by atoms with Crippen molar-refractivity contribution in [3.63, 3.8) is 0 Å². The van der Waals surface area contributed by atoms with E-state index in [0.717, 1.165) is 52.5 Å². The Morgan fingerprint density at radius 1 is 1.12 bits per heavy atom. The molecule has 4 heteroatoms. The molecule has 2 heterocycles. The Morgan fingerprint density at radius 2 is 2.00 bits per heavy atom. The number of hydrogen-bond donors (Lipinski definition) is 1. The van der Waals surface area contributed by atoms with Gasteiger partial charge in [0, 0.05) is 44.8 Å². The van der Waals surface area contributed by atoms with Gasteiger partial charge in [0.25, 0.3) is 0 Å². The molecule has 0 aromatic carbocycles. The summed E-state index contributed by atoms with van der Waals surface area (Å²) in [5, 5.41) is 3.35. The van der Waals surface area contributed by atoms with Crippen molar-refractivity contribution in [1.29, 1.82) is 0 Å². The Kier molecular flexibility index (Phi) is 5.22. The highest BCUT2D eigenvalue weighted by molar-refractivity contribution is 4.87. The van der Waals surface area contributed by atoms with Gasteiger partial charge >= 0.3 is 0 Å². The highest BCUT2D eigenvalue weighted by atomic mass is 16.5. The SMILES string of the molecule is CNCC1(CN2CCCOCC2)CCCOC1. The molecule has 2 saturated heterocycles. The van der Waals surface area contributed by atoms with Crippen LogP contribution in [0.25, 0.3) is 0 Å². The Bertz CT molecular complexity index is 204. The molecule has 2 aliphatic rings. The Morgan fingerprint density at radius 3 is 2.76 bits per heavy atom. The van der Waals surface area contributed by atoms with Crippen LogP contribution in [0.2, 0.25) is 0 Å². The van der Waals surface area contributed by atoms with Gasteiger partial charge in [0.1, 0.15) is 0 Å². The number of nitrogens with zero attached hydrogens (tertiary/aromatic N) is 1. The van der Waals surface area contributed by atoms with Crippen LogP contribution in [0.15, 0.2) is 0 Å². The van der Waals surface area contributed by atoms with E-state index in [1.54, 1.807) is 0 Å². The van der Waals surface area contributed by atoms with Crippen LogP contribution < -0.4 is 5.32 Å². The zero-order valence-corrected chi connectivity index (χ0v) is 11.0. The maximum Gasteiger partial charge on any atom is 0.0593 e. The quantitative estimate of drug-likeness (QED) is 0.788. The monoisotopic (exact) mass is 242 g/mol. The molecule has 0 amide bonds. The summed E-state index contributed by atoms with van der Waals surface area (Å²) < 4.78 is 11.2. The first-order valence-electron chi connectivity index (χ1n) is 6.87. The minimum Gasteiger partial charge on any atom is -0.381 e. The first kappa shape index (κ1) is 13.3. The summed E-state index contributed by atoms with van der Waals surface area (Å²) >= 11 is 0. The van der Waals surface area contributed by atoms with E-state index in [-0.39, 0.29) is 0 Å². The highest BCUT2D eigenvalue weighted by Crippen LogP contribution is 2.29. The third-order valence-corrected chi connectivity index (χ3v) is 3.83. The van der Waals surface area contributed by atoms with Gasteiger partial charge in [-0.3, -0.25) is 0 Å². The molecule has 1 unspecified atom stereocenters. The van der Waals surface area contributed by atoms with Crippen LogP contribution in [-0.2, 0) is 9.47 Å². The lowest BCUT2D eigenvalue weighted by Gasteiger charge is -2.40. The van der Waals surface area contributed by atoms with Gasteiger partial charge in [-0.2, -0.15) is 0 Å². The fourth-order valence-electron chi connectivity index (χ4n) is 3.04. The lowest BCUT2D eigenvalue weighted by atomic mass is 9.81. The summed E-state index contributed by atoms with van der Waals surface area (Å²) in [4.78, 5) is 2.55. The average Bonchev–Trinajstić information content (AvgIpc) is 2.59. The summed E-state index contributed by atoms with van der Waals surface area (Å²) in [6, 6.07) is 0. The first-order chi connectivity index (χ1) is 8.35. The van der Waals surface area contributed by atoms with Crippen molar-refractivity contribution in [2.24, 2.45) is 5.41 Å². The summed E-state index contributed by atoms with van der Waals surface area (Å²) in [6.45, 7) is 8.11. The summed E-state index contributed by atoms with van der Waals surface area (Å²) in [7, 11) is 2.04. The van der Waals surface area contributed by atoms with E-state index < -0.39 is 0 Å². The van der Waals surface area contributed by atoms with E-state index in [0.29, 0.717) is 5.41 Å². The molecule has 0 aromatic heterocycles. The molecule has 0 saturated carbocycles. The molecule has 100 valence electrons. The van der Waals surface area contributed by atoms with Crippen molar-refractivity contribution in [2.75, 3.05) is 59.7 Å². The standard InChI is InChI=1S/C13H26N2O2/c1-14-10-13(4-2-7-17-12-13)11-15-5-3-8-16-9-6-15/h14H,2-12H2,1H3. The third kappa shape index (κ3) is 3.91. The van der Waals surface area contributed by atoms with Crippen molar-refractivity contribution in [2.45, 2.75) is 19.3 Å². The molecular weight excluding hydrogens is 216 g/mol. The zero-order chi connectivity index (χ0) is 12.0. The van der Waals surface area contributed by atoms with Gasteiger partial charge in [-0.25, -0.2) is 0 Å². The summed E-state index contributed by atoms with van der Waals surface area (Å²) in [5.41, 5.74) is 0.317. The van der Waals surface area contributed by atoms with Crippen molar-refractivity contribution in [1.82, 2.24) is 10.2 Å². The van der Waals surface area contributed by atoms with E-state index >= 15 is 0 Å². The van der Waals surface area contributed by atoms with Crippen LogP contribution in [0.4, 0.5) is 0 Å². The largest absolute Gasteiger partial charge is 0.381 e. The van der Waals surface area contributed by atoms with Gasteiger partial charge in [0.05, 0.1) is 13.2 Å². The van der Waals surface area contributed by atoms with E-state index in [9.17, 15) is 0 Å². The second-order valence-corrected chi connectivity index (χ2v) is 5.43. The van der Waals surface area contributed by atoms with Crippen LogP contribution in [0.1, 0.15) is 19.3 Å². The molecule has 0 aromatic rings. The van der Waals surface area contributed by atoms with Crippen molar-refractivity contribution in [3.8, 4) is 0 Å². The minimum absolute atomic E-state index is 0.317. The predicted octanol–water partition coefficient (Wildman–Crippen LogP) is 0.725. The van der Waals surface area contributed by atoms with Crippen molar-refractivity contribution in [3.05, 3.63) is 0 Å². The second-order valence-electron chi connectivity index (χ2n) is 5.43. The molecule has 1 atom stereocenters. The number of rotatable bonds is 4. The first-order valence-corrected chi connectivity index (χ1v) is 6.87. The molecule has 1 N–H and O–H groups in total. The smallest absolute Gasteiger partial charge is 0.0593 e. The van der Waals surface area contributed by atoms with Crippen molar-refractivity contribution < 1.29 is 9.47 Å². The number of ether oxygens (including phenoxy) is 2. The van der Waals surface area contributed by atoms with Crippen LogP contribution in [-0.4, -0.2) is 64.6 Å². The summed E-state index contributed by atoms with van der Waals surface area (Å²) in [6.07, 6.45) is 3.65. The molecule has 0 radical (unpaired) electrons. The molecule has 17 heavy (non-hydrogen) atoms. The lowest BCUT2D eigenvalue weighted by Crippen LogP contribution is -2.49. The van der Waals surface area contributed by atoms with Gasteiger partial charge in [-0.1, -0.05) is 0 Å². The molecule has 2 fully saturated rings. The molecule has 0 aliphatic carbocycles. The summed E-state index contributed by atoms with van der Waals surface area (Å²) in [5.74, 6) is 0. The van der Waals surface area contributed by atoms with Crippen LogP contribution in [0.3, 0.4) is 0 Å². The molecular formula is C13H26N2O2. The van der Waals surface area contributed by atoms with Gasteiger partial charge < -0.3 is 19.7 Å². The molecule has 0 bridgehead atoms. The Hall–Kier alpha value is -0.160. The molecule has 0 spiro atoms.